The highest BCUT2D eigenvalue weighted by Gasteiger charge is 1.94. The smallest absolute Gasteiger partial charge is 0.0701 e. The standard InChI is InChI=1S/C4H8O2.C3H3N3/c1-2-6-4-3-5-1;1-2-4-6-5-3-1/h1-4H2;1-3H. The summed E-state index contributed by atoms with van der Waals surface area (Å²) in [6.07, 6.45) is 3.15. The van der Waals surface area contributed by atoms with Crippen molar-refractivity contribution in [3.05, 3.63) is 18.5 Å². The molecule has 0 unspecified atom stereocenters. The van der Waals surface area contributed by atoms with Crippen LogP contribution in [0.5, 0.6) is 0 Å². The van der Waals surface area contributed by atoms with Crippen molar-refractivity contribution in [2.24, 2.45) is 0 Å². The number of hydrogen-bond donors (Lipinski definition) is 0. The van der Waals surface area contributed by atoms with Crippen LogP contribution in [0.15, 0.2) is 18.5 Å². The fraction of sp³-hybridized carbons (Fsp3) is 0.571. The normalized spacial score (nSPS) is 16.0. The zero-order chi connectivity index (χ0) is 8.49. The van der Waals surface area contributed by atoms with Gasteiger partial charge in [-0.05, 0) is 11.3 Å². The lowest BCUT2D eigenvalue weighted by atomic mass is 10.6. The van der Waals surface area contributed by atoms with Crippen LogP contribution in [0.3, 0.4) is 0 Å². The SMILES string of the molecule is C1COCCO1.c1cnnnc1. The van der Waals surface area contributed by atoms with E-state index in [0.717, 1.165) is 26.4 Å². The fourth-order valence-electron chi connectivity index (χ4n) is 0.645. The Hall–Kier alpha value is -1.07. The van der Waals surface area contributed by atoms with Crippen LogP contribution in [-0.4, -0.2) is 41.8 Å². The lowest BCUT2D eigenvalue weighted by molar-refractivity contribution is -0.0334. The Balaban J connectivity index is 0.000000120. The number of aromatic nitrogens is 3. The first-order valence-electron chi connectivity index (χ1n) is 3.74. The van der Waals surface area contributed by atoms with Gasteiger partial charge in [-0.15, -0.1) is 10.2 Å². The van der Waals surface area contributed by atoms with E-state index in [1.807, 2.05) is 0 Å². The minimum absolute atomic E-state index is 0.778. The van der Waals surface area contributed by atoms with Gasteiger partial charge in [0.15, 0.2) is 0 Å². The van der Waals surface area contributed by atoms with Gasteiger partial charge in [0.05, 0.1) is 38.8 Å². The summed E-state index contributed by atoms with van der Waals surface area (Å²) < 4.78 is 9.89. The molecule has 2 rings (SSSR count). The van der Waals surface area contributed by atoms with Gasteiger partial charge in [-0.25, -0.2) is 0 Å². The van der Waals surface area contributed by atoms with Gasteiger partial charge < -0.3 is 9.47 Å². The van der Waals surface area contributed by atoms with E-state index in [4.69, 9.17) is 9.47 Å². The Morgan fingerprint density at radius 2 is 1.33 bits per heavy atom. The summed E-state index contributed by atoms with van der Waals surface area (Å²) in [5, 5.41) is 10.1. The molecular weight excluding hydrogens is 158 g/mol. The fourth-order valence-corrected chi connectivity index (χ4v) is 0.645. The zero-order valence-corrected chi connectivity index (χ0v) is 6.72. The van der Waals surface area contributed by atoms with Gasteiger partial charge in [0.1, 0.15) is 0 Å². The minimum Gasteiger partial charge on any atom is -0.377 e. The molecule has 1 aliphatic rings. The van der Waals surface area contributed by atoms with E-state index in [1.165, 1.54) is 0 Å². The summed E-state index contributed by atoms with van der Waals surface area (Å²) >= 11 is 0. The number of nitrogens with zero attached hydrogens (tertiary/aromatic N) is 3. The second-order valence-corrected chi connectivity index (χ2v) is 2.04. The third kappa shape index (κ3) is 4.70. The summed E-state index contributed by atoms with van der Waals surface area (Å²) in [6.45, 7) is 3.11. The molecule has 12 heavy (non-hydrogen) atoms. The van der Waals surface area contributed by atoms with Crippen molar-refractivity contribution in [3.8, 4) is 0 Å². The van der Waals surface area contributed by atoms with Gasteiger partial charge in [-0.2, -0.15) is 0 Å². The molecule has 0 aliphatic carbocycles. The third-order valence-corrected chi connectivity index (χ3v) is 1.15. The first-order valence-corrected chi connectivity index (χ1v) is 3.74. The molecule has 0 radical (unpaired) electrons. The predicted octanol–water partition coefficient (Wildman–Crippen LogP) is -0.0952. The van der Waals surface area contributed by atoms with Crippen molar-refractivity contribution in [1.29, 1.82) is 0 Å². The van der Waals surface area contributed by atoms with Gasteiger partial charge in [-0.3, -0.25) is 0 Å². The quantitative estimate of drug-likeness (QED) is 0.543. The second-order valence-electron chi connectivity index (χ2n) is 2.04. The van der Waals surface area contributed by atoms with E-state index in [1.54, 1.807) is 18.5 Å². The average molecular weight is 169 g/mol. The van der Waals surface area contributed by atoms with E-state index in [-0.39, 0.29) is 0 Å². The Morgan fingerprint density at radius 1 is 0.833 bits per heavy atom. The molecule has 0 saturated carbocycles. The van der Waals surface area contributed by atoms with Crippen molar-refractivity contribution in [1.82, 2.24) is 15.4 Å². The van der Waals surface area contributed by atoms with Crippen LogP contribution in [0.1, 0.15) is 0 Å². The lowest BCUT2D eigenvalue weighted by Crippen LogP contribution is -2.16. The van der Waals surface area contributed by atoms with Gasteiger partial charge in [0, 0.05) is 0 Å². The lowest BCUT2D eigenvalue weighted by Gasteiger charge is -2.09. The van der Waals surface area contributed by atoms with Crippen LogP contribution >= 0.6 is 0 Å². The Kier molecular flexibility index (Phi) is 4.98. The molecule has 0 bridgehead atoms. The van der Waals surface area contributed by atoms with Crippen molar-refractivity contribution >= 4 is 0 Å². The van der Waals surface area contributed by atoms with Crippen LogP contribution in [0.25, 0.3) is 0 Å². The molecule has 0 N–H and O–H groups in total. The molecule has 2 heterocycles. The first-order chi connectivity index (χ1) is 6.00. The highest BCUT2D eigenvalue weighted by atomic mass is 16.6. The summed E-state index contributed by atoms with van der Waals surface area (Å²) in [5.41, 5.74) is 0. The van der Waals surface area contributed by atoms with E-state index in [2.05, 4.69) is 15.4 Å². The van der Waals surface area contributed by atoms with Crippen LogP contribution in [0, 0.1) is 0 Å². The van der Waals surface area contributed by atoms with Crippen molar-refractivity contribution in [3.63, 3.8) is 0 Å². The van der Waals surface area contributed by atoms with Gasteiger partial charge in [-0.1, -0.05) is 0 Å². The predicted molar refractivity (Wildman–Crippen MR) is 41.5 cm³/mol. The van der Waals surface area contributed by atoms with Crippen molar-refractivity contribution in [2.75, 3.05) is 26.4 Å². The Bertz CT molecular complexity index is 141. The van der Waals surface area contributed by atoms with E-state index in [9.17, 15) is 0 Å². The van der Waals surface area contributed by atoms with Gasteiger partial charge in [0.25, 0.3) is 0 Å². The molecule has 1 aliphatic heterocycles. The molecule has 1 fully saturated rings. The largest absolute Gasteiger partial charge is 0.377 e. The van der Waals surface area contributed by atoms with E-state index < -0.39 is 0 Å². The molecule has 0 aromatic carbocycles. The molecular formula is C7H11N3O2. The average Bonchev–Trinajstić information content (AvgIpc) is 2.24. The molecule has 5 nitrogen and oxygen atoms in total. The topological polar surface area (TPSA) is 57.1 Å². The molecule has 1 aromatic heterocycles. The Morgan fingerprint density at radius 3 is 1.50 bits per heavy atom. The molecule has 0 amide bonds. The second kappa shape index (κ2) is 6.63. The minimum atomic E-state index is 0.778. The summed E-state index contributed by atoms with van der Waals surface area (Å²) in [7, 11) is 0. The van der Waals surface area contributed by atoms with Crippen LogP contribution in [-0.2, 0) is 9.47 Å². The zero-order valence-electron chi connectivity index (χ0n) is 6.72. The van der Waals surface area contributed by atoms with Crippen molar-refractivity contribution in [2.45, 2.75) is 0 Å². The highest BCUT2D eigenvalue weighted by molar-refractivity contribution is 4.69. The first kappa shape index (κ1) is 9.02. The maximum absolute atomic E-state index is 4.94. The van der Waals surface area contributed by atoms with Crippen molar-refractivity contribution < 1.29 is 9.47 Å². The van der Waals surface area contributed by atoms with Gasteiger partial charge in [0.2, 0.25) is 0 Å². The monoisotopic (exact) mass is 169 g/mol. The maximum Gasteiger partial charge on any atom is 0.0701 e. The van der Waals surface area contributed by atoms with Crippen LogP contribution < -0.4 is 0 Å². The number of rotatable bonds is 0. The maximum atomic E-state index is 4.94. The molecule has 5 heteroatoms. The van der Waals surface area contributed by atoms with Gasteiger partial charge >= 0.3 is 0 Å². The molecule has 1 saturated heterocycles. The molecule has 1 aromatic rings. The number of ether oxygens (including phenoxy) is 2. The van der Waals surface area contributed by atoms with Crippen LogP contribution in [0.4, 0.5) is 0 Å². The molecule has 66 valence electrons. The highest BCUT2D eigenvalue weighted by Crippen LogP contribution is 1.85. The molecule has 0 spiro atoms. The van der Waals surface area contributed by atoms with E-state index in [0.29, 0.717) is 0 Å². The Labute approximate surface area is 70.7 Å². The molecule has 0 atom stereocenters. The summed E-state index contributed by atoms with van der Waals surface area (Å²) in [5.74, 6) is 0. The summed E-state index contributed by atoms with van der Waals surface area (Å²) in [6, 6.07) is 1.72. The number of hydrogen-bond acceptors (Lipinski definition) is 5. The van der Waals surface area contributed by atoms with Crippen LogP contribution in [0.2, 0.25) is 0 Å². The third-order valence-electron chi connectivity index (χ3n) is 1.15. The van der Waals surface area contributed by atoms with E-state index >= 15 is 0 Å². The summed E-state index contributed by atoms with van der Waals surface area (Å²) in [4.78, 5) is 0.